The van der Waals surface area contributed by atoms with Crippen LogP contribution in [0.5, 0.6) is 0 Å². The molecule has 0 aromatic heterocycles. The first-order valence-corrected chi connectivity index (χ1v) is 7.05. The van der Waals surface area contributed by atoms with Crippen LogP contribution in [-0.2, 0) is 6.54 Å². The van der Waals surface area contributed by atoms with Crippen LogP contribution < -0.4 is 16.2 Å². The molecular formula is C17H21N3O. The second-order valence-corrected chi connectivity index (χ2v) is 5.02. The first-order chi connectivity index (χ1) is 10.1. The molecule has 0 aliphatic rings. The van der Waals surface area contributed by atoms with Crippen molar-refractivity contribution in [3.63, 3.8) is 0 Å². The van der Waals surface area contributed by atoms with Gasteiger partial charge < -0.3 is 4.90 Å². The van der Waals surface area contributed by atoms with E-state index in [9.17, 15) is 4.79 Å². The molecule has 21 heavy (non-hydrogen) atoms. The van der Waals surface area contributed by atoms with Gasteiger partial charge in [-0.1, -0.05) is 24.3 Å². The Morgan fingerprint density at radius 3 is 2.48 bits per heavy atom. The van der Waals surface area contributed by atoms with Gasteiger partial charge in [0, 0.05) is 24.3 Å². The van der Waals surface area contributed by atoms with E-state index in [-0.39, 0.29) is 5.91 Å². The number of anilines is 1. The van der Waals surface area contributed by atoms with Crippen LogP contribution in [0.3, 0.4) is 0 Å². The maximum absolute atomic E-state index is 11.4. The number of benzene rings is 2. The van der Waals surface area contributed by atoms with E-state index >= 15 is 0 Å². The van der Waals surface area contributed by atoms with Crippen molar-refractivity contribution in [1.29, 1.82) is 0 Å². The first kappa shape index (κ1) is 15.1. The minimum absolute atomic E-state index is 0.271. The Kier molecular flexibility index (Phi) is 4.95. The highest BCUT2D eigenvalue weighted by atomic mass is 16.2. The fraction of sp³-hybridized carbons (Fsp3) is 0.235. The van der Waals surface area contributed by atoms with Crippen molar-refractivity contribution in [2.24, 2.45) is 5.84 Å². The Labute approximate surface area is 125 Å². The summed E-state index contributed by atoms with van der Waals surface area (Å²) in [4.78, 5) is 13.7. The molecule has 0 saturated heterocycles. The quantitative estimate of drug-likeness (QED) is 0.504. The highest BCUT2D eigenvalue weighted by Gasteiger charge is 2.07. The number of hydrogen-bond acceptors (Lipinski definition) is 3. The molecule has 0 aliphatic heterocycles. The molecule has 0 aliphatic carbocycles. The van der Waals surface area contributed by atoms with Gasteiger partial charge in [0.25, 0.3) is 5.91 Å². The molecule has 110 valence electrons. The molecule has 0 spiro atoms. The van der Waals surface area contributed by atoms with Gasteiger partial charge in [-0.15, -0.1) is 0 Å². The lowest BCUT2D eigenvalue weighted by molar-refractivity contribution is 0.0953. The van der Waals surface area contributed by atoms with Crippen molar-refractivity contribution >= 4 is 11.6 Å². The molecular weight excluding hydrogens is 262 g/mol. The summed E-state index contributed by atoms with van der Waals surface area (Å²) in [6.45, 7) is 5.97. The summed E-state index contributed by atoms with van der Waals surface area (Å²) in [6.07, 6.45) is 0. The summed E-state index contributed by atoms with van der Waals surface area (Å²) in [5.74, 6) is 4.86. The van der Waals surface area contributed by atoms with Crippen LogP contribution in [-0.4, -0.2) is 12.5 Å². The molecule has 0 atom stereocenters. The van der Waals surface area contributed by atoms with Crippen molar-refractivity contribution in [3.8, 4) is 0 Å². The maximum atomic E-state index is 11.4. The lowest BCUT2D eigenvalue weighted by Gasteiger charge is -2.23. The Morgan fingerprint density at radius 2 is 1.90 bits per heavy atom. The van der Waals surface area contributed by atoms with Gasteiger partial charge in [-0.25, -0.2) is 5.84 Å². The third kappa shape index (κ3) is 3.83. The number of hydrogen-bond donors (Lipinski definition) is 2. The van der Waals surface area contributed by atoms with E-state index in [2.05, 4.69) is 48.4 Å². The number of nitrogen functional groups attached to an aromatic ring is 1. The average molecular weight is 283 g/mol. The Morgan fingerprint density at radius 1 is 1.19 bits per heavy atom. The molecule has 0 saturated carbocycles. The van der Waals surface area contributed by atoms with Gasteiger partial charge in [0.2, 0.25) is 0 Å². The van der Waals surface area contributed by atoms with Crippen molar-refractivity contribution in [2.45, 2.75) is 20.4 Å². The molecule has 3 N–H and O–H groups in total. The Hall–Kier alpha value is -2.33. The van der Waals surface area contributed by atoms with E-state index in [1.165, 1.54) is 11.3 Å². The standard InChI is InChI=1S/C17H21N3O/c1-3-20(16-6-4-5-13(2)11-16)12-14-7-9-15(10-8-14)17(21)19-18/h4-11H,3,12,18H2,1-2H3,(H,19,21). The van der Waals surface area contributed by atoms with Gasteiger partial charge in [-0.2, -0.15) is 0 Å². The van der Waals surface area contributed by atoms with E-state index in [1.807, 2.05) is 12.1 Å². The second kappa shape index (κ2) is 6.90. The zero-order valence-corrected chi connectivity index (χ0v) is 12.5. The van der Waals surface area contributed by atoms with Gasteiger partial charge in [-0.05, 0) is 49.2 Å². The fourth-order valence-corrected chi connectivity index (χ4v) is 2.28. The van der Waals surface area contributed by atoms with Crippen LogP contribution in [0.15, 0.2) is 48.5 Å². The molecule has 4 nitrogen and oxygen atoms in total. The van der Waals surface area contributed by atoms with E-state index in [0.29, 0.717) is 5.56 Å². The molecule has 2 aromatic rings. The van der Waals surface area contributed by atoms with Crippen LogP contribution in [0.1, 0.15) is 28.4 Å². The van der Waals surface area contributed by atoms with Gasteiger partial charge in [-0.3, -0.25) is 10.2 Å². The summed E-state index contributed by atoms with van der Waals surface area (Å²) in [7, 11) is 0. The number of nitrogens with one attached hydrogen (secondary N) is 1. The van der Waals surface area contributed by atoms with Crippen molar-refractivity contribution < 1.29 is 4.79 Å². The Balaban J connectivity index is 2.13. The predicted octanol–water partition coefficient (Wildman–Crippen LogP) is 2.63. The number of nitrogens with two attached hydrogens (primary N) is 1. The largest absolute Gasteiger partial charge is 0.367 e. The number of nitrogens with zero attached hydrogens (tertiary/aromatic N) is 1. The minimum Gasteiger partial charge on any atom is -0.367 e. The first-order valence-electron chi connectivity index (χ1n) is 7.05. The van der Waals surface area contributed by atoms with Crippen LogP contribution in [0.2, 0.25) is 0 Å². The molecule has 4 heteroatoms. The van der Waals surface area contributed by atoms with Crippen LogP contribution in [0.4, 0.5) is 5.69 Å². The van der Waals surface area contributed by atoms with Crippen LogP contribution in [0.25, 0.3) is 0 Å². The third-order valence-corrected chi connectivity index (χ3v) is 3.47. The highest BCUT2D eigenvalue weighted by Crippen LogP contribution is 2.18. The summed E-state index contributed by atoms with van der Waals surface area (Å²) in [5, 5.41) is 0. The smallest absolute Gasteiger partial charge is 0.265 e. The van der Waals surface area contributed by atoms with Crippen molar-refractivity contribution in [3.05, 3.63) is 65.2 Å². The SMILES string of the molecule is CCN(Cc1ccc(C(=O)NN)cc1)c1cccc(C)c1. The monoisotopic (exact) mass is 283 g/mol. The zero-order valence-electron chi connectivity index (χ0n) is 12.5. The normalized spacial score (nSPS) is 10.2. The third-order valence-electron chi connectivity index (χ3n) is 3.47. The van der Waals surface area contributed by atoms with E-state index in [1.54, 1.807) is 12.1 Å². The number of rotatable bonds is 5. The van der Waals surface area contributed by atoms with Crippen LogP contribution in [0, 0.1) is 6.92 Å². The molecule has 0 radical (unpaired) electrons. The van der Waals surface area contributed by atoms with Gasteiger partial charge in [0.05, 0.1) is 0 Å². The number of amides is 1. The summed E-state index contributed by atoms with van der Waals surface area (Å²) >= 11 is 0. The summed E-state index contributed by atoms with van der Waals surface area (Å²) in [5.41, 5.74) is 6.32. The molecule has 0 bridgehead atoms. The number of hydrazine groups is 1. The molecule has 0 fully saturated rings. The number of carbonyl (C=O) groups is 1. The molecule has 2 rings (SSSR count). The topological polar surface area (TPSA) is 58.4 Å². The van der Waals surface area contributed by atoms with Crippen molar-refractivity contribution in [1.82, 2.24) is 5.43 Å². The predicted molar refractivity (Wildman–Crippen MR) is 86.0 cm³/mol. The molecule has 2 aromatic carbocycles. The van der Waals surface area contributed by atoms with E-state index in [0.717, 1.165) is 18.7 Å². The molecule has 0 unspecified atom stereocenters. The van der Waals surface area contributed by atoms with Crippen LogP contribution >= 0.6 is 0 Å². The van der Waals surface area contributed by atoms with Crippen molar-refractivity contribution in [2.75, 3.05) is 11.4 Å². The number of carbonyl (C=O) groups excluding carboxylic acids is 1. The highest BCUT2D eigenvalue weighted by molar-refractivity contribution is 5.93. The summed E-state index contributed by atoms with van der Waals surface area (Å²) < 4.78 is 0. The molecule has 0 heterocycles. The zero-order chi connectivity index (χ0) is 15.2. The average Bonchev–Trinajstić information content (AvgIpc) is 2.52. The van der Waals surface area contributed by atoms with Gasteiger partial charge in [0.15, 0.2) is 0 Å². The van der Waals surface area contributed by atoms with Gasteiger partial charge in [0.1, 0.15) is 0 Å². The summed E-state index contributed by atoms with van der Waals surface area (Å²) in [6, 6.07) is 16.0. The Bertz CT molecular complexity index is 608. The maximum Gasteiger partial charge on any atom is 0.265 e. The lowest BCUT2D eigenvalue weighted by Crippen LogP contribution is -2.30. The van der Waals surface area contributed by atoms with E-state index in [4.69, 9.17) is 5.84 Å². The lowest BCUT2D eigenvalue weighted by atomic mass is 10.1. The second-order valence-electron chi connectivity index (χ2n) is 5.02. The van der Waals surface area contributed by atoms with E-state index < -0.39 is 0 Å². The van der Waals surface area contributed by atoms with Gasteiger partial charge >= 0.3 is 0 Å². The minimum atomic E-state index is -0.271. The number of aryl methyl sites for hydroxylation is 1. The fourth-order valence-electron chi connectivity index (χ4n) is 2.28. The molecule has 1 amide bonds.